The Morgan fingerprint density at radius 3 is 2.56 bits per heavy atom. The van der Waals surface area contributed by atoms with Gasteiger partial charge in [-0.05, 0) is 48.9 Å². The number of aromatic nitrogens is 2. The number of ether oxygens (including phenoxy) is 1. The van der Waals surface area contributed by atoms with Crippen LogP contribution in [0.4, 0.5) is 24.9 Å². The van der Waals surface area contributed by atoms with E-state index in [1.54, 1.807) is 12.1 Å². The second-order valence-electron chi connectivity index (χ2n) is 9.76. The number of rotatable bonds is 6. The molecule has 208 valence electrons. The first-order valence-corrected chi connectivity index (χ1v) is 13.6. The summed E-state index contributed by atoms with van der Waals surface area (Å²) in [6.07, 6.45) is -5.23. The Morgan fingerprint density at radius 1 is 1.21 bits per heavy atom. The quantitative estimate of drug-likeness (QED) is 0.324. The van der Waals surface area contributed by atoms with Gasteiger partial charge in [-0.2, -0.15) is 23.1 Å². The van der Waals surface area contributed by atoms with Crippen molar-refractivity contribution in [3.05, 3.63) is 51.3 Å². The minimum absolute atomic E-state index is 0.144. The largest absolute Gasteiger partial charge is 0.480 e. The molecule has 2 aliphatic heterocycles. The molecule has 0 aliphatic carbocycles. The maximum Gasteiger partial charge on any atom is 0.429 e. The summed E-state index contributed by atoms with van der Waals surface area (Å²) in [7, 11) is 0. The van der Waals surface area contributed by atoms with Gasteiger partial charge in [0.25, 0.3) is 0 Å². The van der Waals surface area contributed by atoms with Gasteiger partial charge in [-0.15, -0.1) is 11.3 Å². The predicted octanol–water partition coefficient (Wildman–Crippen LogP) is 5.81. The van der Waals surface area contributed by atoms with E-state index in [4.69, 9.17) is 33.7 Å². The minimum atomic E-state index is -4.79. The molecule has 0 saturated carbocycles. The zero-order chi connectivity index (χ0) is 27.9. The molecule has 5 rings (SSSR count). The number of aliphatic carboxylic acids is 1. The fourth-order valence-corrected chi connectivity index (χ4v) is 6.45. The van der Waals surface area contributed by atoms with Crippen molar-refractivity contribution in [2.45, 2.75) is 37.6 Å². The number of halogens is 5. The van der Waals surface area contributed by atoms with E-state index < -0.39 is 24.3 Å². The van der Waals surface area contributed by atoms with Crippen molar-refractivity contribution in [3.8, 4) is 16.3 Å². The number of alkyl halides is 3. The molecule has 1 unspecified atom stereocenters. The van der Waals surface area contributed by atoms with Crippen molar-refractivity contribution in [1.29, 1.82) is 0 Å². The second kappa shape index (κ2) is 10.6. The molecule has 39 heavy (non-hydrogen) atoms. The lowest BCUT2D eigenvalue weighted by Gasteiger charge is -2.39. The first-order chi connectivity index (χ1) is 18.4. The maximum absolute atomic E-state index is 14.4. The molecular formula is C25H24Cl2F3N5O3S. The van der Waals surface area contributed by atoms with E-state index in [-0.39, 0.29) is 33.4 Å². The third-order valence-corrected chi connectivity index (χ3v) is 8.69. The summed E-state index contributed by atoms with van der Waals surface area (Å²) in [5.41, 5.74) is 5.84. The molecule has 1 aromatic carbocycles. The summed E-state index contributed by atoms with van der Waals surface area (Å²) < 4.78 is 49.1. The third kappa shape index (κ3) is 6.03. The molecule has 2 aliphatic rings. The number of hydrogen-bond donors (Lipinski definition) is 3. The van der Waals surface area contributed by atoms with E-state index in [9.17, 15) is 23.1 Å². The number of carbonyl (C=O) groups is 1. The number of benzene rings is 1. The van der Waals surface area contributed by atoms with Gasteiger partial charge in [-0.1, -0.05) is 29.3 Å². The van der Waals surface area contributed by atoms with Gasteiger partial charge in [0.05, 0.1) is 4.34 Å². The lowest BCUT2D eigenvalue weighted by molar-refractivity contribution is -0.198. The molecule has 2 fully saturated rings. The van der Waals surface area contributed by atoms with Crippen LogP contribution in [0.1, 0.15) is 30.9 Å². The van der Waals surface area contributed by atoms with Gasteiger partial charge in [0.1, 0.15) is 11.9 Å². The van der Waals surface area contributed by atoms with Crippen molar-refractivity contribution in [3.63, 3.8) is 0 Å². The highest BCUT2D eigenvalue weighted by molar-refractivity contribution is 7.19. The van der Waals surface area contributed by atoms with E-state index in [1.807, 2.05) is 4.90 Å². The molecule has 0 amide bonds. The van der Waals surface area contributed by atoms with Gasteiger partial charge in [0, 0.05) is 46.7 Å². The van der Waals surface area contributed by atoms with Crippen molar-refractivity contribution in [2.75, 3.05) is 30.3 Å². The van der Waals surface area contributed by atoms with Crippen LogP contribution in [0.15, 0.2) is 36.4 Å². The molecule has 1 spiro atoms. The van der Waals surface area contributed by atoms with Crippen molar-refractivity contribution in [1.82, 2.24) is 15.3 Å². The number of nitrogens with two attached hydrogens (primary N) is 1. The highest BCUT2D eigenvalue weighted by Gasteiger charge is 2.46. The molecule has 8 nitrogen and oxygen atoms in total. The van der Waals surface area contributed by atoms with E-state index in [1.165, 1.54) is 24.3 Å². The van der Waals surface area contributed by atoms with E-state index in [0.717, 1.165) is 11.3 Å². The van der Waals surface area contributed by atoms with E-state index in [2.05, 4.69) is 15.3 Å². The number of carboxylic acids is 1. The number of thiophene rings is 1. The fourth-order valence-electron chi connectivity index (χ4n) is 5.19. The van der Waals surface area contributed by atoms with Crippen LogP contribution >= 0.6 is 34.5 Å². The van der Waals surface area contributed by atoms with Crippen LogP contribution in [0.25, 0.3) is 10.4 Å². The Bertz CT molecular complexity index is 1380. The lowest BCUT2D eigenvalue weighted by Crippen LogP contribution is -2.41. The van der Waals surface area contributed by atoms with Gasteiger partial charge >= 0.3 is 12.1 Å². The van der Waals surface area contributed by atoms with Crippen LogP contribution < -0.4 is 20.7 Å². The minimum Gasteiger partial charge on any atom is -0.480 e. The number of hydrogen-bond acceptors (Lipinski definition) is 8. The average molecular weight is 602 g/mol. The first kappa shape index (κ1) is 27.8. The van der Waals surface area contributed by atoms with Crippen molar-refractivity contribution < 1.29 is 27.8 Å². The highest BCUT2D eigenvalue weighted by Crippen LogP contribution is 2.44. The van der Waals surface area contributed by atoms with E-state index >= 15 is 0 Å². The Morgan fingerprint density at radius 2 is 1.95 bits per heavy atom. The van der Waals surface area contributed by atoms with Gasteiger partial charge in [0.15, 0.2) is 0 Å². The lowest BCUT2D eigenvalue weighted by atomic mass is 9.76. The second-order valence-corrected chi connectivity index (χ2v) is 11.9. The maximum atomic E-state index is 14.4. The van der Waals surface area contributed by atoms with Crippen LogP contribution in [-0.2, 0) is 4.79 Å². The molecule has 3 aromatic rings. The summed E-state index contributed by atoms with van der Waals surface area (Å²) in [6, 6.07) is 8.08. The van der Waals surface area contributed by atoms with Crippen molar-refractivity contribution in [2.24, 2.45) is 5.41 Å². The van der Waals surface area contributed by atoms with Crippen LogP contribution in [0.2, 0.25) is 9.36 Å². The number of nitrogen functional groups attached to an aromatic ring is 1. The standard InChI is InChI=1S/C25H24Cl2F3N5O3S/c26-13-1-2-14(15(9-13)17-3-4-18(27)39-17)21(25(28,29)30)38-20-10-19(33-23(31)34-20)35-7-5-24(6-8-35)11-16(22(36)37)32-12-24/h1-4,9-10,16,21,32H,5-8,11-12H2,(H,36,37)(H2,31,33,34)/t16?,21-/m1/s1. The summed E-state index contributed by atoms with van der Waals surface area (Å²) in [4.78, 5) is 21.9. The van der Waals surface area contributed by atoms with Crippen LogP contribution in [-0.4, -0.2) is 52.9 Å². The smallest absolute Gasteiger partial charge is 0.429 e. The fraction of sp³-hybridized carbons (Fsp3) is 0.400. The van der Waals surface area contributed by atoms with Gasteiger partial charge in [-0.3, -0.25) is 4.79 Å². The molecule has 14 heteroatoms. The molecule has 4 N–H and O–H groups in total. The predicted molar refractivity (Wildman–Crippen MR) is 144 cm³/mol. The molecule has 2 aromatic heterocycles. The monoisotopic (exact) mass is 601 g/mol. The third-order valence-electron chi connectivity index (χ3n) is 7.19. The zero-order valence-corrected chi connectivity index (χ0v) is 22.7. The molecule has 0 bridgehead atoms. The Balaban J connectivity index is 1.40. The topological polar surface area (TPSA) is 114 Å². The van der Waals surface area contributed by atoms with Crippen LogP contribution in [0.3, 0.4) is 0 Å². The Hall–Kier alpha value is -2.80. The molecule has 2 saturated heterocycles. The molecule has 0 radical (unpaired) electrons. The number of carboxylic acid groups (broad SMARTS) is 1. The summed E-state index contributed by atoms with van der Waals surface area (Å²) >= 11 is 13.3. The van der Waals surface area contributed by atoms with Gasteiger partial charge in [0.2, 0.25) is 17.9 Å². The average Bonchev–Trinajstić information content (AvgIpc) is 3.49. The highest BCUT2D eigenvalue weighted by atomic mass is 35.5. The van der Waals surface area contributed by atoms with E-state index in [0.29, 0.717) is 53.9 Å². The normalized spacial score (nSPS) is 19.8. The number of piperidine rings is 1. The zero-order valence-electron chi connectivity index (χ0n) is 20.3. The van der Waals surface area contributed by atoms with Crippen LogP contribution in [0, 0.1) is 5.41 Å². The van der Waals surface area contributed by atoms with Crippen LogP contribution in [0.5, 0.6) is 5.88 Å². The SMILES string of the molecule is Nc1nc(O[C@H](c2ccc(Cl)cc2-c2ccc(Cl)s2)C(F)(F)F)cc(N2CCC3(CC2)CNC(C(=O)O)C3)n1. The molecule has 2 atom stereocenters. The van der Waals surface area contributed by atoms with Gasteiger partial charge in [-0.25, -0.2) is 0 Å². The number of nitrogens with one attached hydrogen (secondary N) is 1. The summed E-state index contributed by atoms with van der Waals surface area (Å²) in [5, 5.41) is 12.6. The molecular weight excluding hydrogens is 578 g/mol. The summed E-state index contributed by atoms with van der Waals surface area (Å²) in [6.45, 7) is 1.67. The number of nitrogens with zero attached hydrogens (tertiary/aromatic N) is 3. The number of anilines is 2. The Labute approximate surface area is 235 Å². The molecule has 4 heterocycles. The summed E-state index contributed by atoms with van der Waals surface area (Å²) in [5.74, 6) is -1.07. The first-order valence-electron chi connectivity index (χ1n) is 12.1. The Kier molecular flexibility index (Phi) is 7.57. The van der Waals surface area contributed by atoms with Crippen molar-refractivity contribution >= 4 is 52.3 Å². The van der Waals surface area contributed by atoms with Gasteiger partial charge < -0.3 is 25.8 Å².